The Balaban J connectivity index is 2.23. The number of aliphatic hydroxyl groups excluding tert-OH is 1. The first-order valence-electron chi connectivity index (χ1n) is 11.8. The molecule has 0 aromatic heterocycles. The van der Waals surface area contributed by atoms with Gasteiger partial charge in [0.25, 0.3) is 11.7 Å². The number of halogens is 2. The summed E-state index contributed by atoms with van der Waals surface area (Å²) in [5, 5.41) is 11.6. The lowest BCUT2D eigenvalue weighted by molar-refractivity contribution is -0.140. The predicted octanol–water partition coefficient (Wildman–Crippen LogP) is 5.26. The van der Waals surface area contributed by atoms with Crippen molar-refractivity contribution in [2.75, 3.05) is 41.6 Å². The van der Waals surface area contributed by atoms with Gasteiger partial charge in [0, 0.05) is 13.2 Å². The largest absolute Gasteiger partial charge is 0.507 e. The van der Waals surface area contributed by atoms with Gasteiger partial charge < -0.3 is 33.7 Å². The van der Waals surface area contributed by atoms with Crippen molar-refractivity contribution in [2.24, 2.45) is 0 Å². The van der Waals surface area contributed by atoms with Crippen molar-refractivity contribution < 1.29 is 38.4 Å². The monoisotopic (exact) mass is 567 g/mol. The Morgan fingerprint density at radius 1 is 0.974 bits per heavy atom. The second kappa shape index (κ2) is 12.6. The summed E-state index contributed by atoms with van der Waals surface area (Å²) in [6, 6.07) is 5.45. The Labute approximate surface area is 231 Å². The van der Waals surface area contributed by atoms with E-state index < -0.39 is 23.5 Å². The molecular formula is C27H31Cl2NO8. The van der Waals surface area contributed by atoms with E-state index >= 15 is 0 Å². The third kappa shape index (κ3) is 5.65. The van der Waals surface area contributed by atoms with Gasteiger partial charge >= 0.3 is 0 Å². The van der Waals surface area contributed by atoms with E-state index in [-0.39, 0.29) is 45.3 Å². The molecule has 1 saturated heterocycles. The zero-order valence-corrected chi connectivity index (χ0v) is 23.6. The molecule has 1 aliphatic heterocycles. The Kier molecular flexibility index (Phi) is 9.76. The first kappa shape index (κ1) is 29.4. The number of hydrogen-bond acceptors (Lipinski definition) is 8. The minimum absolute atomic E-state index is 0.00628. The van der Waals surface area contributed by atoms with E-state index in [4.69, 9.17) is 46.9 Å². The molecule has 206 valence electrons. The highest BCUT2D eigenvalue weighted by Crippen LogP contribution is 2.47. The Morgan fingerprint density at radius 3 is 2.21 bits per heavy atom. The van der Waals surface area contributed by atoms with Crippen molar-refractivity contribution >= 4 is 40.7 Å². The normalized spacial score (nSPS) is 16.8. The summed E-state index contributed by atoms with van der Waals surface area (Å²) in [5.74, 6) is -1.08. The maximum Gasteiger partial charge on any atom is 0.295 e. The third-order valence-corrected chi connectivity index (χ3v) is 6.68. The molecule has 38 heavy (non-hydrogen) atoms. The molecule has 0 aliphatic carbocycles. The Hall–Kier alpha value is -3.14. The highest BCUT2D eigenvalue weighted by Gasteiger charge is 2.46. The maximum atomic E-state index is 13.4. The van der Waals surface area contributed by atoms with Gasteiger partial charge in [-0.3, -0.25) is 9.59 Å². The predicted molar refractivity (Wildman–Crippen MR) is 144 cm³/mol. The van der Waals surface area contributed by atoms with E-state index in [9.17, 15) is 14.7 Å². The molecule has 2 aromatic carbocycles. The number of aliphatic hydroxyl groups is 1. The zero-order valence-electron chi connectivity index (χ0n) is 22.1. The van der Waals surface area contributed by atoms with Crippen molar-refractivity contribution in [2.45, 2.75) is 32.4 Å². The van der Waals surface area contributed by atoms with Crippen molar-refractivity contribution in [3.63, 3.8) is 0 Å². The van der Waals surface area contributed by atoms with Crippen molar-refractivity contribution in [1.82, 2.24) is 4.90 Å². The minimum Gasteiger partial charge on any atom is -0.507 e. The topological polar surface area (TPSA) is 104 Å². The van der Waals surface area contributed by atoms with Gasteiger partial charge in [0.1, 0.15) is 10.8 Å². The first-order valence-corrected chi connectivity index (χ1v) is 12.6. The summed E-state index contributed by atoms with van der Waals surface area (Å²) in [7, 11) is 5.72. The minimum atomic E-state index is -0.946. The molecule has 1 heterocycles. The standard InChI is InChI=1S/C27H31Cl2NO8/c1-14(2)38-11-7-10-30-22(15-8-9-18(34-3)19(12-15)35-4)20(24(32)27(30)33)23(31)16-13-17(28)26(37-6)21(29)25(16)36-5/h8-9,12-14,22,31H,7,10-11H2,1-6H3/b23-20+. The lowest BCUT2D eigenvalue weighted by Crippen LogP contribution is -2.31. The van der Waals surface area contributed by atoms with Crippen LogP contribution >= 0.6 is 23.2 Å². The van der Waals surface area contributed by atoms with Crippen LogP contribution in [0.5, 0.6) is 23.0 Å². The highest BCUT2D eigenvalue weighted by atomic mass is 35.5. The SMILES string of the molecule is COc1ccc(C2/C(=C(\O)c3cc(Cl)c(OC)c(Cl)c3OC)C(=O)C(=O)N2CCCOC(C)C)cc1OC. The molecule has 1 unspecified atom stereocenters. The summed E-state index contributed by atoms with van der Waals surface area (Å²) < 4.78 is 27.1. The van der Waals surface area contributed by atoms with Crippen LogP contribution in [-0.4, -0.2) is 69.4 Å². The van der Waals surface area contributed by atoms with Gasteiger partial charge in [0.15, 0.2) is 23.0 Å². The molecule has 2 aromatic rings. The van der Waals surface area contributed by atoms with Crippen molar-refractivity contribution in [3.8, 4) is 23.0 Å². The van der Waals surface area contributed by atoms with Gasteiger partial charge in [0.2, 0.25) is 0 Å². The molecule has 1 amide bonds. The summed E-state index contributed by atoms with van der Waals surface area (Å²) in [4.78, 5) is 28.1. The number of rotatable bonds is 11. The van der Waals surface area contributed by atoms with Gasteiger partial charge in [-0.05, 0) is 44.0 Å². The summed E-state index contributed by atoms with van der Waals surface area (Å²) in [6.07, 6.45) is 0.488. The van der Waals surface area contributed by atoms with Crippen LogP contribution in [0, 0.1) is 0 Å². The molecule has 1 atom stereocenters. The number of ketones is 1. The molecule has 1 fully saturated rings. The number of carbonyl (C=O) groups excluding carboxylic acids is 2. The molecule has 1 aliphatic rings. The first-order chi connectivity index (χ1) is 18.1. The Bertz CT molecular complexity index is 1240. The number of carbonyl (C=O) groups is 2. The second-order valence-corrected chi connectivity index (χ2v) is 9.45. The van der Waals surface area contributed by atoms with Crippen LogP contribution in [0.2, 0.25) is 10.0 Å². The quantitative estimate of drug-likeness (QED) is 0.169. The van der Waals surface area contributed by atoms with E-state index in [0.717, 1.165) is 0 Å². The van der Waals surface area contributed by atoms with Gasteiger partial charge in [-0.1, -0.05) is 29.3 Å². The number of ether oxygens (including phenoxy) is 5. The third-order valence-electron chi connectivity index (χ3n) is 6.05. The zero-order chi connectivity index (χ0) is 28.1. The smallest absolute Gasteiger partial charge is 0.295 e. The van der Waals surface area contributed by atoms with E-state index in [2.05, 4.69) is 0 Å². The van der Waals surface area contributed by atoms with E-state index in [0.29, 0.717) is 30.1 Å². The number of methoxy groups -OCH3 is 4. The fourth-order valence-corrected chi connectivity index (χ4v) is 5.01. The molecule has 0 spiro atoms. The van der Waals surface area contributed by atoms with Gasteiger partial charge in [-0.2, -0.15) is 0 Å². The molecule has 0 bridgehead atoms. The van der Waals surface area contributed by atoms with Crippen LogP contribution in [0.4, 0.5) is 0 Å². The van der Waals surface area contributed by atoms with E-state index in [1.165, 1.54) is 39.4 Å². The number of amides is 1. The van der Waals surface area contributed by atoms with Gasteiger partial charge in [-0.25, -0.2) is 0 Å². The average molecular weight is 568 g/mol. The van der Waals surface area contributed by atoms with Crippen LogP contribution in [0.15, 0.2) is 29.8 Å². The number of hydrogen-bond donors (Lipinski definition) is 1. The summed E-state index contributed by atoms with van der Waals surface area (Å²) in [5.41, 5.74) is 0.412. The molecule has 0 saturated carbocycles. The molecule has 9 nitrogen and oxygen atoms in total. The molecular weight excluding hydrogens is 537 g/mol. The number of benzene rings is 2. The number of nitrogens with zero attached hydrogens (tertiary/aromatic N) is 1. The molecule has 0 radical (unpaired) electrons. The number of Topliss-reactive ketones (excluding diaryl/α,β-unsaturated/α-hetero) is 1. The van der Waals surface area contributed by atoms with Crippen molar-refractivity contribution in [3.05, 3.63) is 51.0 Å². The van der Waals surface area contributed by atoms with Gasteiger partial charge in [-0.15, -0.1) is 0 Å². The second-order valence-electron chi connectivity index (χ2n) is 8.67. The lowest BCUT2D eigenvalue weighted by atomic mass is 9.94. The fourth-order valence-electron chi connectivity index (χ4n) is 4.33. The number of likely N-dealkylation sites (tertiary alicyclic amines) is 1. The molecule has 11 heteroatoms. The lowest BCUT2D eigenvalue weighted by Gasteiger charge is -2.26. The average Bonchev–Trinajstić information content (AvgIpc) is 3.15. The highest BCUT2D eigenvalue weighted by molar-refractivity contribution is 6.47. The van der Waals surface area contributed by atoms with Crippen LogP contribution in [0.1, 0.15) is 37.4 Å². The van der Waals surface area contributed by atoms with E-state index in [1.807, 2.05) is 13.8 Å². The summed E-state index contributed by atoms with van der Waals surface area (Å²) >= 11 is 12.8. The van der Waals surface area contributed by atoms with Crippen LogP contribution < -0.4 is 18.9 Å². The molecule has 1 N–H and O–H groups in total. The van der Waals surface area contributed by atoms with Crippen molar-refractivity contribution in [1.29, 1.82) is 0 Å². The Morgan fingerprint density at radius 2 is 1.63 bits per heavy atom. The van der Waals surface area contributed by atoms with E-state index in [1.54, 1.807) is 18.2 Å². The van der Waals surface area contributed by atoms with Crippen LogP contribution in [-0.2, 0) is 14.3 Å². The summed E-state index contributed by atoms with van der Waals surface area (Å²) in [6.45, 7) is 4.41. The fraction of sp³-hybridized carbons (Fsp3) is 0.407. The maximum absolute atomic E-state index is 13.4. The van der Waals surface area contributed by atoms with Crippen LogP contribution in [0.25, 0.3) is 5.76 Å². The molecule has 3 rings (SSSR count). The van der Waals surface area contributed by atoms with Crippen LogP contribution in [0.3, 0.4) is 0 Å². The van der Waals surface area contributed by atoms with Gasteiger partial charge in [0.05, 0.1) is 56.7 Å².